The molecule has 2 aromatic carbocycles. The van der Waals surface area contributed by atoms with Crippen LogP contribution >= 0.6 is 0 Å². The van der Waals surface area contributed by atoms with E-state index in [0.717, 1.165) is 22.7 Å². The van der Waals surface area contributed by atoms with Crippen molar-refractivity contribution < 1.29 is 22.7 Å². The van der Waals surface area contributed by atoms with E-state index in [9.17, 15) is 18.0 Å². The van der Waals surface area contributed by atoms with E-state index >= 15 is 0 Å². The second-order valence-corrected chi connectivity index (χ2v) is 9.50. The average Bonchev–Trinajstić information content (AvgIpc) is 3.52. The van der Waals surface area contributed by atoms with E-state index in [-0.39, 0.29) is 28.2 Å². The van der Waals surface area contributed by atoms with Gasteiger partial charge in [0.15, 0.2) is 0 Å². The van der Waals surface area contributed by atoms with Crippen LogP contribution in [0.5, 0.6) is 5.75 Å². The number of amides is 2. The van der Waals surface area contributed by atoms with Crippen molar-refractivity contribution in [1.82, 2.24) is 9.62 Å². The SMILES string of the molecule is COc1ccc(C(=O)Nc2cc(C(=O)NC3CC3)ccc2C)cc1S(=O)(=O)N(C)C. The Balaban J connectivity index is 1.88. The van der Waals surface area contributed by atoms with Crippen LogP contribution in [0.25, 0.3) is 0 Å². The molecule has 2 amide bonds. The van der Waals surface area contributed by atoms with Crippen LogP contribution in [0.15, 0.2) is 41.3 Å². The van der Waals surface area contributed by atoms with Gasteiger partial charge in [0.2, 0.25) is 10.0 Å². The number of benzene rings is 2. The third-order valence-corrected chi connectivity index (χ3v) is 6.68. The molecule has 9 heteroatoms. The molecule has 0 heterocycles. The molecule has 0 aliphatic heterocycles. The molecular formula is C21H25N3O5S. The summed E-state index contributed by atoms with van der Waals surface area (Å²) in [5, 5.41) is 5.68. The highest BCUT2D eigenvalue weighted by Crippen LogP contribution is 2.28. The van der Waals surface area contributed by atoms with Gasteiger partial charge in [-0.25, -0.2) is 12.7 Å². The first kappa shape index (κ1) is 21.8. The number of carbonyl (C=O) groups excluding carboxylic acids is 2. The Morgan fingerprint density at radius 1 is 1.03 bits per heavy atom. The van der Waals surface area contributed by atoms with Crippen molar-refractivity contribution in [2.75, 3.05) is 26.5 Å². The van der Waals surface area contributed by atoms with Gasteiger partial charge in [0.05, 0.1) is 7.11 Å². The molecule has 0 saturated heterocycles. The number of rotatable bonds is 7. The smallest absolute Gasteiger partial charge is 0.255 e. The summed E-state index contributed by atoms with van der Waals surface area (Å²) in [6, 6.07) is 9.52. The van der Waals surface area contributed by atoms with E-state index in [1.165, 1.54) is 39.4 Å². The number of nitrogens with one attached hydrogen (secondary N) is 2. The largest absolute Gasteiger partial charge is 0.495 e. The Labute approximate surface area is 176 Å². The molecule has 1 aliphatic carbocycles. The lowest BCUT2D eigenvalue weighted by Crippen LogP contribution is -2.25. The van der Waals surface area contributed by atoms with E-state index in [2.05, 4.69) is 10.6 Å². The van der Waals surface area contributed by atoms with E-state index in [4.69, 9.17) is 4.74 Å². The van der Waals surface area contributed by atoms with Crippen LogP contribution in [-0.4, -0.2) is 51.8 Å². The fraction of sp³-hybridized carbons (Fsp3) is 0.333. The number of anilines is 1. The minimum absolute atomic E-state index is 0.100. The first-order valence-electron chi connectivity index (χ1n) is 9.47. The molecule has 0 spiro atoms. The van der Waals surface area contributed by atoms with Crippen molar-refractivity contribution in [3.05, 3.63) is 53.1 Å². The third-order valence-electron chi connectivity index (χ3n) is 4.84. The maximum absolute atomic E-state index is 12.8. The fourth-order valence-corrected chi connectivity index (χ4v) is 3.88. The van der Waals surface area contributed by atoms with Crippen LogP contribution in [-0.2, 0) is 10.0 Å². The van der Waals surface area contributed by atoms with Crippen molar-refractivity contribution in [3.8, 4) is 5.75 Å². The molecule has 0 unspecified atom stereocenters. The Morgan fingerprint density at radius 3 is 2.27 bits per heavy atom. The van der Waals surface area contributed by atoms with Crippen LogP contribution < -0.4 is 15.4 Å². The lowest BCUT2D eigenvalue weighted by Gasteiger charge is -2.16. The van der Waals surface area contributed by atoms with Gasteiger partial charge in [0, 0.05) is 37.0 Å². The Hall–Kier alpha value is -2.91. The minimum atomic E-state index is -3.80. The Bertz CT molecular complexity index is 1090. The lowest BCUT2D eigenvalue weighted by atomic mass is 10.1. The average molecular weight is 432 g/mol. The summed E-state index contributed by atoms with van der Waals surface area (Å²) in [5.74, 6) is -0.525. The Kier molecular flexibility index (Phi) is 6.14. The number of hydrogen-bond donors (Lipinski definition) is 2. The zero-order valence-corrected chi connectivity index (χ0v) is 18.2. The molecule has 0 bridgehead atoms. The number of methoxy groups -OCH3 is 1. The van der Waals surface area contributed by atoms with E-state index in [0.29, 0.717) is 11.3 Å². The maximum atomic E-state index is 12.8. The predicted octanol–water partition coefficient (Wildman–Crippen LogP) is 2.40. The standard InChI is InChI=1S/C21H25N3O5S/c1-13-5-6-14(20(25)22-16-8-9-16)11-17(13)23-21(26)15-7-10-18(29-4)19(12-15)30(27,28)24(2)3/h5-7,10-12,16H,8-9H2,1-4H3,(H,22,25)(H,23,26). The molecule has 8 nitrogen and oxygen atoms in total. The van der Waals surface area contributed by atoms with Gasteiger partial charge in [-0.05, 0) is 55.7 Å². The van der Waals surface area contributed by atoms with E-state index < -0.39 is 15.9 Å². The molecule has 0 aromatic heterocycles. The van der Waals surface area contributed by atoms with Crippen LogP contribution in [0.2, 0.25) is 0 Å². The zero-order valence-electron chi connectivity index (χ0n) is 17.4. The molecule has 1 aliphatic rings. The molecule has 0 atom stereocenters. The third kappa shape index (κ3) is 4.63. The molecule has 0 radical (unpaired) electrons. The molecule has 30 heavy (non-hydrogen) atoms. The van der Waals surface area contributed by atoms with Crippen molar-refractivity contribution in [3.63, 3.8) is 0 Å². The summed E-state index contributed by atoms with van der Waals surface area (Å²) in [5.41, 5.74) is 1.87. The lowest BCUT2D eigenvalue weighted by molar-refractivity contribution is 0.0949. The molecule has 1 fully saturated rings. The summed E-state index contributed by atoms with van der Waals surface area (Å²) in [7, 11) is 0.373. The van der Waals surface area contributed by atoms with Crippen molar-refractivity contribution >= 4 is 27.5 Å². The van der Waals surface area contributed by atoms with Crippen LogP contribution in [0, 0.1) is 6.92 Å². The molecular weight excluding hydrogens is 406 g/mol. The van der Waals surface area contributed by atoms with Gasteiger partial charge in [-0.3, -0.25) is 9.59 Å². The molecule has 2 aromatic rings. The van der Waals surface area contributed by atoms with Gasteiger partial charge >= 0.3 is 0 Å². The Morgan fingerprint density at radius 2 is 1.67 bits per heavy atom. The number of hydrogen-bond acceptors (Lipinski definition) is 5. The summed E-state index contributed by atoms with van der Waals surface area (Å²) in [6.45, 7) is 1.81. The highest BCUT2D eigenvalue weighted by Gasteiger charge is 2.25. The molecule has 160 valence electrons. The first-order chi connectivity index (χ1) is 14.1. The van der Waals surface area contributed by atoms with E-state index in [1.54, 1.807) is 18.2 Å². The predicted molar refractivity (Wildman–Crippen MR) is 113 cm³/mol. The van der Waals surface area contributed by atoms with E-state index in [1.807, 2.05) is 6.92 Å². The summed E-state index contributed by atoms with van der Waals surface area (Å²) in [6.07, 6.45) is 1.97. The maximum Gasteiger partial charge on any atom is 0.255 e. The number of aryl methyl sites for hydroxylation is 1. The fourth-order valence-electron chi connectivity index (χ4n) is 2.81. The van der Waals surface area contributed by atoms with Gasteiger partial charge in [-0.1, -0.05) is 6.07 Å². The summed E-state index contributed by atoms with van der Waals surface area (Å²) >= 11 is 0. The molecule has 3 rings (SSSR count). The van der Waals surface area contributed by atoms with Crippen molar-refractivity contribution in [1.29, 1.82) is 0 Å². The summed E-state index contributed by atoms with van der Waals surface area (Å²) < 4.78 is 31.4. The summed E-state index contributed by atoms with van der Waals surface area (Å²) in [4.78, 5) is 25.0. The van der Waals surface area contributed by atoms with Crippen molar-refractivity contribution in [2.45, 2.75) is 30.7 Å². The van der Waals surface area contributed by atoms with Crippen LogP contribution in [0.4, 0.5) is 5.69 Å². The quantitative estimate of drug-likeness (QED) is 0.700. The second kappa shape index (κ2) is 8.45. The zero-order chi connectivity index (χ0) is 22.1. The first-order valence-corrected chi connectivity index (χ1v) is 10.9. The number of ether oxygens (including phenoxy) is 1. The molecule has 1 saturated carbocycles. The second-order valence-electron chi connectivity index (χ2n) is 7.38. The van der Waals surface area contributed by atoms with Gasteiger partial charge in [0.25, 0.3) is 11.8 Å². The minimum Gasteiger partial charge on any atom is -0.495 e. The van der Waals surface area contributed by atoms with Crippen LogP contribution in [0.3, 0.4) is 0 Å². The van der Waals surface area contributed by atoms with Crippen molar-refractivity contribution in [2.24, 2.45) is 0 Å². The van der Waals surface area contributed by atoms with Crippen LogP contribution in [0.1, 0.15) is 39.1 Å². The van der Waals surface area contributed by atoms with Gasteiger partial charge in [0.1, 0.15) is 10.6 Å². The highest BCUT2D eigenvalue weighted by molar-refractivity contribution is 7.89. The number of sulfonamides is 1. The molecule has 2 N–H and O–H groups in total. The van der Waals surface area contributed by atoms with Gasteiger partial charge in [-0.2, -0.15) is 0 Å². The van der Waals surface area contributed by atoms with Gasteiger partial charge < -0.3 is 15.4 Å². The monoisotopic (exact) mass is 431 g/mol. The highest BCUT2D eigenvalue weighted by atomic mass is 32.2. The number of nitrogens with zero attached hydrogens (tertiary/aromatic N) is 1. The topological polar surface area (TPSA) is 105 Å². The van der Waals surface area contributed by atoms with Gasteiger partial charge in [-0.15, -0.1) is 0 Å². The normalized spacial score (nSPS) is 13.8. The number of carbonyl (C=O) groups is 2.